The van der Waals surface area contributed by atoms with E-state index in [-0.39, 0.29) is 24.9 Å². The summed E-state index contributed by atoms with van der Waals surface area (Å²) < 4.78 is 19.2. The molecule has 1 saturated heterocycles. The van der Waals surface area contributed by atoms with E-state index in [0.717, 1.165) is 5.56 Å². The van der Waals surface area contributed by atoms with Gasteiger partial charge in [0, 0.05) is 24.2 Å². The predicted octanol–water partition coefficient (Wildman–Crippen LogP) is 2.69. The first-order valence-electron chi connectivity index (χ1n) is 8.11. The van der Waals surface area contributed by atoms with Crippen LogP contribution in [0.25, 0.3) is 0 Å². The number of carbonyl (C=O) groups excluding carboxylic acids is 2. The Hall–Kier alpha value is -2.44. The van der Waals surface area contributed by atoms with Crippen molar-refractivity contribution in [1.82, 2.24) is 10.2 Å². The van der Waals surface area contributed by atoms with Crippen molar-refractivity contribution >= 4 is 23.4 Å². The van der Waals surface area contributed by atoms with Gasteiger partial charge in [-0.1, -0.05) is 41.9 Å². The number of hydrogen-bond donors (Lipinski definition) is 1. The minimum atomic E-state index is -0.898. The van der Waals surface area contributed by atoms with Gasteiger partial charge >= 0.3 is 0 Å². The van der Waals surface area contributed by atoms with Gasteiger partial charge in [-0.25, -0.2) is 4.39 Å². The zero-order chi connectivity index (χ0) is 18.7. The van der Waals surface area contributed by atoms with Crippen LogP contribution < -0.4 is 5.32 Å². The van der Waals surface area contributed by atoms with E-state index in [1.807, 2.05) is 0 Å². The smallest absolute Gasteiger partial charge is 0.251 e. The first-order valence-corrected chi connectivity index (χ1v) is 8.49. The third-order valence-electron chi connectivity index (χ3n) is 4.36. The lowest BCUT2D eigenvalue weighted by Crippen LogP contribution is -2.52. The largest absolute Gasteiger partial charge is 0.356 e. The van der Waals surface area contributed by atoms with Crippen molar-refractivity contribution in [2.24, 2.45) is 0 Å². The van der Waals surface area contributed by atoms with Crippen LogP contribution in [0.2, 0.25) is 5.02 Å². The molecule has 1 aliphatic rings. The maximum atomic E-state index is 13.7. The summed E-state index contributed by atoms with van der Waals surface area (Å²) in [6.07, 6.45) is -0.898. The summed E-state index contributed by atoms with van der Waals surface area (Å²) in [4.78, 5) is 26.2. The number of morpholine rings is 1. The molecule has 26 heavy (non-hydrogen) atoms. The van der Waals surface area contributed by atoms with Gasteiger partial charge in [-0.3, -0.25) is 9.59 Å². The van der Waals surface area contributed by atoms with Gasteiger partial charge in [0.15, 0.2) is 6.10 Å². The number of nitrogens with zero attached hydrogens (tertiary/aromatic N) is 1. The molecule has 3 rings (SSSR count). The van der Waals surface area contributed by atoms with Crippen LogP contribution in [0.5, 0.6) is 0 Å². The average Bonchev–Trinajstić information content (AvgIpc) is 2.64. The Bertz CT molecular complexity index is 813. The molecule has 0 saturated carbocycles. The summed E-state index contributed by atoms with van der Waals surface area (Å²) >= 11 is 5.92. The van der Waals surface area contributed by atoms with E-state index in [1.54, 1.807) is 49.5 Å². The molecule has 0 unspecified atom stereocenters. The summed E-state index contributed by atoms with van der Waals surface area (Å²) in [7, 11) is 1.63. The van der Waals surface area contributed by atoms with Gasteiger partial charge in [0.2, 0.25) is 5.91 Å². The number of ether oxygens (including phenoxy) is 1. The van der Waals surface area contributed by atoms with Crippen molar-refractivity contribution < 1.29 is 18.7 Å². The van der Waals surface area contributed by atoms with Gasteiger partial charge in [-0.05, 0) is 23.8 Å². The zero-order valence-electron chi connectivity index (χ0n) is 14.1. The Morgan fingerprint density at radius 3 is 2.65 bits per heavy atom. The molecule has 2 amide bonds. The number of rotatable bonds is 4. The van der Waals surface area contributed by atoms with E-state index >= 15 is 0 Å². The Morgan fingerprint density at radius 1 is 1.27 bits per heavy atom. The molecule has 7 heteroatoms. The number of carbonyl (C=O) groups is 2. The second kappa shape index (κ2) is 7.85. The first-order chi connectivity index (χ1) is 12.5. The first kappa shape index (κ1) is 18.4. The normalized spacial score (nSPS) is 20.1. The molecule has 0 radical (unpaired) electrons. The molecule has 2 aromatic rings. The Morgan fingerprint density at radius 2 is 1.96 bits per heavy atom. The molecule has 2 aromatic carbocycles. The highest BCUT2D eigenvalue weighted by atomic mass is 35.5. The van der Waals surface area contributed by atoms with Crippen molar-refractivity contribution in [3.05, 3.63) is 70.5 Å². The Kier molecular flexibility index (Phi) is 5.54. The van der Waals surface area contributed by atoms with Crippen LogP contribution in [0, 0.1) is 5.82 Å². The summed E-state index contributed by atoms with van der Waals surface area (Å²) in [6, 6.07) is 12.5. The van der Waals surface area contributed by atoms with Crippen LogP contribution in [0.4, 0.5) is 4.39 Å². The maximum absolute atomic E-state index is 13.7. The number of benzene rings is 2. The second-order valence-electron chi connectivity index (χ2n) is 6.04. The molecule has 0 spiro atoms. The van der Waals surface area contributed by atoms with Gasteiger partial charge in [0.1, 0.15) is 12.4 Å². The second-order valence-corrected chi connectivity index (χ2v) is 6.48. The predicted molar refractivity (Wildman–Crippen MR) is 94.9 cm³/mol. The summed E-state index contributed by atoms with van der Waals surface area (Å²) in [5.41, 5.74) is 1.11. The van der Waals surface area contributed by atoms with Crippen molar-refractivity contribution in [2.45, 2.75) is 18.7 Å². The molecule has 0 aromatic heterocycles. The molecule has 1 heterocycles. The lowest BCUT2D eigenvalue weighted by Gasteiger charge is -2.38. The van der Waals surface area contributed by atoms with Crippen molar-refractivity contribution in [3.63, 3.8) is 0 Å². The van der Waals surface area contributed by atoms with Crippen LogP contribution in [-0.2, 0) is 20.9 Å². The van der Waals surface area contributed by atoms with Gasteiger partial charge in [0.25, 0.3) is 5.91 Å². The summed E-state index contributed by atoms with van der Waals surface area (Å²) in [6.45, 7) is -0.144. The van der Waals surface area contributed by atoms with Crippen molar-refractivity contribution in [2.75, 3.05) is 13.7 Å². The molecule has 0 aliphatic carbocycles. The maximum Gasteiger partial charge on any atom is 0.251 e. The molecular formula is C19H18ClFN2O3. The van der Waals surface area contributed by atoms with E-state index in [1.165, 1.54) is 11.0 Å². The number of hydrogen-bond acceptors (Lipinski definition) is 3. The highest BCUT2D eigenvalue weighted by Gasteiger charge is 2.39. The molecule has 2 atom stereocenters. The SMILES string of the molecule is CN1C(=O)CO[C@@H](C(=O)NCc2ccccc2F)[C@H]1c1ccc(Cl)cc1. The molecule has 136 valence electrons. The number of amides is 2. The molecule has 0 bridgehead atoms. The van der Waals surface area contributed by atoms with Gasteiger partial charge in [-0.15, -0.1) is 0 Å². The molecule has 1 fully saturated rings. The highest BCUT2D eigenvalue weighted by molar-refractivity contribution is 6.30. The van der Waals surface area contributed by atoms with E-state index in [9.17, 15) is 14.0 Å². The van der Waals surface area contributed by atoms with Gasteiger partial charge < -0.3 is 15.0 Å². The van der Waals surface area contributed by atoms with Crippen molar-refractivity contribution in [1.29, 1.82) is 0 Å². The number of nitrogens with one attached hydrogen (secondary N) is 1. The lowest BCUT2D eigenvalue weighted by molar-refractivity contribution is -0.162. The number of likely N-dealkylation sites (N-methyl/N-ethyl adjacent to an activating group) is 1. The fraction of sp³-hybridized carbons (Fsp3) is 0.263. The highest BCUT2D eigenvalue weighted by Crippen LogP contribution is 2.30. The minimum Gasteiger partial charge on any atom is -0.356 e. The number of halogens is 2. The monoisotopic (exact) mass is 376 g/mol. The van der Waals surface area contributed by atoms with E-state index in [2.05, 4.69) is 5.32 Å². The van der Waals surface area contributed by atoms with Crippen LogP contribution in [-0.4, -0.2) is 36.5 Å². The summed E-state index contributed by atoms with van der Waals surface area (Å²) in [5.74, 6) is -1.02. The average molecular weight is 377 g/mol. The van der Waals surface area contributed by atoms with Crippen molar-refractivity contribution in [3.8, 4) is 0 Å². The van der Waals surface area contributed by atoms with Crippen LogP contribution in [0.3, 0.4) is 0 Å². The van der Waals surface area contributed by atoms with E-state index in [4.69, 9.17) is 16.3 Å². The molecular weight excluding hydrogens is 359 g/mol. The topological polar surface area (TPSA) is 58.6 Å². The fourth-order valence-electron chi connectivity index (χ4n) is 2.91. The quantitative estimate of drug-likeness (QED) is 0.892. The third kappa shape index (κ3) is 3.86. The Labute approximate surface area is 155 Å². The van der Waals surface area contributed by atoms with Crippen LogP contribution in [0.15, 0.2) is 48.5 Å². The van der Waals surface area contributed by atoms with Gasteiger partial charge in [-0.2, -0.15) is 0 Å². The Balaban J connectivity index is 1.79. The van der Waals surface area contributed by atoms with Crippen LogP contribution >= 0.6 is 11.6 Å². The van der Waals surface area contributed by atoms with Crippen LogP contribution in [0.1, 0.15) is 17.2 Å². The lowest BCUT2D eigenvalue weighted by atomic mass is 9.97. The zero-order valence-corrected chi connectivity index (χ0v) is 14.9. The molecule has 1 N–H and O–H groups in total. The van der Waals surface area contributed by atoms with E-state index < -0.39 is 18.1 Å². The summed E-state index contributed by atoms with van der Waals surface area (Å²) in [5, 5.41) is 3.24. The molecule has 1 aliphatic heterocycles. The van der Waals surface area contributed by atoms with Gasteiger partial charge in [0.05, 0.1) is 6.04 Å². The molecule has 5 nitrogen and oxygen atoms in total. The minimum absolute atomic E-state index is 0.0381. The van der Waals surface area contributed by atoms with E-state index in [0.29, 0.717) is 10.6 Å². The third-order valence-corrected chi connectivity index (χ3v) is 4.62. The standard InChI is InChI=1S/C19H18ClFN2O3/c1-23-16(24)11-26-18(17(23)12-6-8-14(20)9-7-12)19(25)22-10-13-4-2-3-5-15(13)21/h2-9,17-18H,10-11H2,1H3,(H,22,25)/t17-,18-/m1/s1. The fourth-order valence-corrected chi connectivity index (χ4v) is 3.04.